The SMILES string of the molecule is O=C(N/C=C/c1ccccc1Cl)Nc1cc(C(F)(F)F)cc(C(F)(F)F)c1. The Labute approximate surface area is 154 Å². The zero-order valence-electron chi connectivity index (χ0n) is 13.3. The number of alkyl halides is 6. The summed E-state index contributed by atoms with van der Waals surface area (Å²) in [5.74, 6) is 0. The van der Waals surface area contributed by atoms with Crippen molar-refractivity contribution in [3.8, 4) is 0 Å². The number of hydrogen-bond donors (Lipinski definition) is 2. The van der Waals surface area contributed by atoms with Crippen molar-refractivity contribution in [1.29, 1.82) is 0 Å². The van der Waals surface area contributed by atoms with Crippen molar-refractivity contribution in [1.82, 2.24) is 5.32 Å². The van der Waals surface area contributed by atoms with Crippen LogP contribution in [0.1, 0.15) is 16.7 Å². The molecular formula is C17H11ClF6N2O. The van der Waals surface area contributed by atoms with E-state index in [0.29, 0.717) is 22.7 Å². The molecule has 0 spiro atoms. The third kappa shape index (κ3) is 5.92. The predicted octanol–water partition coefficient (Wildman–Crippen LogP) is 6.17. The minimum absolute atomic E-state index is 0.0274. The lowest BCUT2D eigenvalue weighted by Crippen LogP contribution is -2.24. The maximum atomic E-state index is 12.8. The van der Waals surface area contributed by atoms with Gasteiger partial charge in [0.15, 0.2) is 0 Å². The van der Waals surface area contributed by atoms with Crippen LogP contribution in [0.4, 0.5) is 36.8 Å². The molecule has 10 heteroatoms. The van der Waals surface area contributed by atoms with Gasteiger partial charge in [0.25, 0.3) is 0 Å². The van der Waals surface area contributed by atoms with Crippen molar-refractivity contribution in [2.45, 2.75) is 12.4 Å². The predicted molar refractivity (Wildman–Crippen MR) is 89.1 cm³/mol. The zero-order chi connectivity index (χ0) is 20.2. The van der Waals surface area contributed by atoms with Crippen molar-refractivity contribution < 1.29 is 31.1 Å². The first-order chi connectivity index (χ1) is 12.5. The molecule has 0 saturated carbocycles. The summed E-state index contributed by atoms with van der Waals surface area (Å²) in [7, 11) is 0. The molecule has 2 rings (SSSR count). The number of anilines is 1. The summed E-state index contributed by atoms with van der Waals surface area (Å²) < 4.78 is 76.7. The molecule has 2 aromatic carbocycles. The molecule has 0 radical (unpaired) electrons. The molecule has 0 unspecified atom stereocenters. The molecule has 0 aliphatic rings. The lowest BCUT2D eigenvalue weighted by molar-refractivity contribution is -0.143. The highest BCUT2D eigenvalue weighted by Gasteiger charge is 2.37. The summed E-state index contributed by atoms with van der Waals surface area (Å²) in [5.41, 5.74) is -3.16. The van der Waals surface area contributed by atoms with Gasteiger partial charge in [-0.25, -0.2) is 4.79 Å². The fraction of sp³-hybridized carbons (Fsp3) is 0.118. The maximum Gasteiger partial charge on any atom is 0.416 e. The van der Waals surface area contributed by atoms with Gasteiger partial charge in [-0.05, 0) is 35.9 Å². The Morgan fingerprint density at radius 3 is 2.00 bits per heavy atom. The third-order valence-corrected chi connectivity index (χ3v) is 3.57. The summed E-state index contributed by atoms with van der Waals surface area (Å²) in [6.07, 6.45) is -7.44. The minimum Gasteiger partial charge on any atom is -0.314 e. The van der Waals surface area contributed by atoms with Crippen LogP contribution < -0.4 is 10.6 Å². The molecule has 0 aromatic heterocycles. The van der Waals surface area contributed by atoms with Gasteiger partial charge in [-0.2, -0.15) is 26.3 Å². The molecule has 144 valence electrons. The van der Waals surface area contributed by atoms with Gasteiger partial charge < -0.3 is 10.6 Å². The van der Waals surface area contributed by atoms with Gasteiger partial charge in [0.2, 0.25) is 0 Å². The molecule has 0 aliphatic heterocycles. The fourth-order valence-corrected chi connectivity index (χ4v) is 2.21. The van der Waals surface area contributed by atoms with Crippen LogP contribution in [0.2, 0.25) is 5.02 Å². The fourth-order valence-electron chi connectivity index (χ4n) is 2.01. The van der Waals surface area contributed by atoms with Crippen LogP contribution in [0.3, 0.4) is 0 Å². The van der Waals surface area contributed by atoms with Crippen LogP contribution in [0, 0.1) is 0 Å². The minimum atomic E-state index is -5.00. The maximum absolute atomic E-state index is 12.8. The van der Waals surface area contributed by atoms with E-state index in [1.807, 2.05) is 5.32 Å². The highest BCUT2D eigenvalue weighted by atomic mass is 35.5. The largest absolute Gasteiger partial charge is 0.416 e. The number of carbonyl (C=O) groups is 1. The Hall–Kier alpha value is -2.68. The first kappa shape index (κ1) is 20.6. The Bertz CT molecular complexity index is 829. The summed E-state index contributed by atoms with van der Waals surface area (Å²) in [5, 5.41) is 4.50. The van der Waals surface area contributed by atoms with E-state index in [-0.39, 0.29) is 6.07 Å². The lowest BCUT2D eigenvalue weighted by Gasteiger charge is -2.14. The molecule has 0 fully saturated rings. The summed E-state index contributed by atoms with van der Waals surface area (Å²) in [6.45, 7) is 0. The number of hydrogen-bond acceptors (Lipinski definition) is 1. The van der Waals surface area contributed by atoms with E-state index < -0.39 is 35.2 Å². The Morgan fingerprint density at radius 2 is 1.48 bits per heavy atom. The molecule has 0 heterocycles. The molecule has 2 N–H and O–H groups in total. The standard InChI is InChI=1S/C17H11ClF6N2O/c18-14-4-2-1-3-10(14)5-6-25-15(27)26-13-8-11(16(19,20)21)7-12(9-13)17(22,23)24/h1-9H,(H2,25,26,27)/b6-5+. The van der Waals surface area contributed by atoms with E-state index in [1.54, 1.807) is 24.3 Å². The summed E-state index contributed by atoms with van der Waals surface area (Å²) in [4.78, 5) is 11.7. The summed E-state index contributed by atoms with van der Waals surface area (Å²) >= 11 is 5.90. The third-order valence-electron chi connectivity index (χ3n) is 3.23. The van der Waals surface area contributed by atoms with Crippen LogP contribution in [0.5, 0.6) is 0 Å². The van der Waals surface area contributed by atoms with Crippen LogP contribution in [0.15, 0.2) is 48.7 Å². The second-order valence-electron chi connectivity index (χ2n) is 5.25. The van der Waals surface area contributed by atoms with E-state index in [2.05, 4.69) is 5.32 Å². The van der Waals surface area contributed by atoms with Gasteiger partial charge in [0.05, 0.1) is 11.1 Å². The first-order valence-corrected chi connectivity index (χ1v) is 7.63. The first-order valence-electron chi connectivity index (χ1n) is 7.25. The molecule has 0 bridgehead atoms. The van der Waals surface area contributed by atoms with Crippen LogP contribution in [-0.2, 0) is 12.4 Å². The van der Waals surface area contributed by atoms with Crippen molar-refractivity contribution in [3.05, 3.63) is 70.4 Å². The Kier molecular flexibility index (Phi) is 6.04. The number of halogens is 7. The molecule has 2 aromatic rings. The topological polar surface area (TPSA) is 41.1 Å². The smallest absolute Gasteiger partial charge is 0.314 e. The van der Waals surface area contributed by atoms with E-state index in [9.17, 15) is 31.1 Å². The Balaban J connectivity index is 2.16. The van der Waals surface area contributed by atoms with Gasteiger partial charge in [-0.3, -0.25) is 0 Å². The Morgan fingerprint density at radius 1 is 0.926 bits per heavy atom. The van der Waals surface area contributed by atoms with Gasteiger partial charge in [-0.1, -0.05) is 29.8 Å². The second-order valence-corrected chi connectivity index (χ2v) is 5.66. The molecule has 2 amide bonds. The number of rotatable bonds is 3. The normalized spacial score (nSPS) is 12.3. The van der Waals surface area contributed by atoms with Crippen molar-refractivity contribution in [3.63, 3.8) is 0 Å². The van der Waals surface area contributed by atoms with E-state index in [1.165, 1.54) is 6.08 Å². The van der Waals surface area contributed by atoms with E-state index in [4.69, 9.17) is 11.6 Å². The summed E-state index contributed by atoms with van der Waals surface area (Å²) in [6, 6.07) is 6.38. The number of urea groups is 1. The lowest BCUT2D eigenvalue weighted by atomic mass is 10.1. The molecule has 27 heavy (non-hydrogen) atoms. The van der Waals surface area contributed by atoms with Gasteiger partial charge >= 0.3 is 18.4 Å². The molecule has 0 atom stereocenters. The average molecular weight is 409 g/mol. The average Bonchev–Trinajstić information content (AvgIpc) is 2.54. The highest BCUT2D eigenvalue weighted by molar-refractivity contribution is 6.32. The van der Waals surface area contributed by atoms with E-state index in [0.717, 1.165) is 6.20 Å². The monoisotopic (exact) mass is 408 g/mol. The van der Waals surface area contributed by atoms with Gasteiger partial charge in [0, 0.05) is 16.9 Å². The quantitative estimate of drug-likeness (QED) is 0.586. The van der Waals surface area contributed by atoms with Crippen molar-refractivity contribution in [2.24, 2.45) is 0 Å². The zero-order valence-corrected chi connectivity index (χ0v) is 14.0. The van der Waals surface area contributed by atoms with Crippen LogP contribution in [0.25, 0.3) is 6.08 Å². The molecule has 3 nitrogen and oxygen atoms in total. The second kappa shape index (κ2) is 7.91. The van der Waals surface area contributed by atoms with Crippen LogP contribution in [-0.4, -0.2) is 6.03 Å². The van der Waals surface area contributed by atoms with Crippen molar-refractivity contribution >= 4 is 29.4 Å². The number of benzene rings is 2. The number of carbonyl (C=O) groups excluding carboxylic acids is 1. The molecule has 0 aliphatic carbocycles. The number of amides is 2. The van der Waals surface area contributed by atoms with Crippen LogP contribution >= 0.6 is 11.6 Å². The molecule has 0 saturated heterocycles. The number of nitrogens with one attached hydrogen (secondary N) is 2. The van der Waals surface area contributed by atoms with Crippen molar-refractivity contribution in [2.75, 3.05) is 5.32 Å². The van der Waals surface area contributed by atoms with Gasteiger partial charge in [-0.15, -0.1) is 0 Å². The molecular weight excluding hydrogens is 398 g/mol. The van der Waals surface area contributed by atoms with E-state index >= 15 is 0 Å². The van der Waals surface area contributed by atoms with Gasteiger partial charge in [0.1, 0.15) is 0 Å². The highest BCUT2D eigenvalue weighted by Crippen LogP contribution is 2.37.